The molecule has 0 spiro atoms. The second-order valence-corrected chi connectivity index (χ2v) is 5.26. The number of rotatable bonds is 4. The fourth-order valence-corrected chi connectivity index (χ4v) is 2.55. The van der Waals surface area contributed by atoms with Gasteiger partial charge in [0.2, 0.25) is 6.33 Å². The van der Waals surface area contributed by atoms with Crippen LogP contribution in [0.1, 0.15) is 22.9 Å². The summed E-state index contributed by atoms with van der Waals surface area (Å²) in [6.07, 6.45) is 3.37. The summed E-state index contributed by atoms with van der Waals surface area (Å²) in [5, 5.41) is 10.6. The second kappa shape index (κ2) is 5.94. The molecule has 0 radical (unpaired) electrons. The Morgan fingerprint density at radius 2 is 1.62 bits per heavy atom. The summed E-state index contributed by atoms with van der Waals surface area (Å²) in [6, 6.07) is 20.0. The predicted molar refractivity (Wildman–Crippen MR) is 81.7 cm³/mol. The van der Waals surface area contributed by atoms with Crippen LogP contribution in [0.25, 0.3) is 0 Å². The monoisotopic (exact) mass is 279 g/mol. The van der Waals surface area contributed by atoms with Crippen LogP contribution in [0, 0.1) is 0 Å². The van der Waals surface area contributed by atoms with Crippen molar-refractivity contribution < 1.29 is 9.67 Å². The van der Waals surface area contributed by atoms with E-state index in [1.54, 1.807) is 0 Å². The van der Waals surface area contributed by atoms with E-state index in [2.05, 4.69) is 16.7 Å². The van der Waals surface area contributed by atoms with Crippen LogP contribution in [0.2, 0.25) is 0 Å². The highest BCUT2D eigenvalue weighted by Gasteiger charge is 2.21. The van der Waals surface area contributed by atoms with Gasteiger partial charge in [-0.3, -0.25) is 0 Å². The van der Waals surface area contributed by atoms with E-state index in [-0.39, 0.29) is 0 Å². The topological polar surface area (TPSA) is 29.0 Å². The standard InChI is InChI=1S/C18H19N2O/c1-19-13-17(18(21)16-10-6-3-7-11-16)20(14-19)12-15-8-4-2-5-9-15/h2-11,13-14,18,21H,12H2,1H3/q+1. The molecule has 0 aliphatic carbocycles. The summed E-state index contributed by atoms with van der Waals surface area (Å²) in [5.41, 5.74) is 3.02. The molecule has 1 heterocycles. The minimum absolute atomic E-state index is 0.615. The first-order valence-electron chi connectivity index (χ1n) is 7.06. The van der Waals surface area contributed by atoms with Crippen molar-refractivity contribution in [1.29, 1.82) is 0 Å². The number of aryl methyl sites for hydroxylation is 1. The molecule has 106 valence electrons. The van der Waals surface area contributed by atoms with Crippen LogP contribution in [0.4, 0.5) is 0 Å². The van der Waals surface area contributed by atoms with Gasteiger partial charge in [-0.1, -0.05) is 60.7 Å². The molecule has 0 amide bonds. The lowest BCUT2D eigenvalue weighted by Crippen LogP contribution is -2.23. The van der Waals surface area contributed by atoms with Crippen LogP contribution < -0.4 is 4.57 Å². The lowest BCUT2D eigenvalue weighted by molar-refractivity contribution is -0.671. The van der Waals surface area contributed by atoms with E-state index < -0.39 is 6.10 Å². The molecule has 1 atom stereocenters. The lowest BCUT2D eigenvalue weighted by atomic mass is 10.1. The highest BCUT2D eigenvalue weighted by Crippen LogP contribution is 2.21. The molecular weight excluding hydrogens is 260 g/mol. The van der Waals surface area contributed by atoms with Gasteiger partial charge in [0, 0.05) is 0 Å². The Morgan fingerprint density at radius 3 is 2.29 bits per heavy atom. The van der Waals surface area contributed by atoms with Gasteiger partial charge in [-0.15, -0.1) is 0 Å². The first kappa shape index (κ1) is 13.6. The zero-order valence-corrected chi connectivity index (χ0v) is 12.1. The van der Waals surface area contributed by atoms with Gasteiger partial charge in [0.25, 0.3) is 0 Å². The molecule has 0 fully saturated rings. The minimum Gasteiger partial charge on any atom is -0.380 e. The van der Waals surface area contributed by atoms with E-state index in [4.69, 9.17) is 0 Å². The molecular formula is C18H19N2O+. The second-order valence-electron chi connectivity index (χ2n) is 5.26. The van der Waals surface area contributed by atoms with Crippen molar-refractivity contribution in [1.82, 2.24) is 4.57 Å². The molecule has 21 heavy (non-hydrogen) atoms. The Kier molecular flexibility index (Phi) is 3.84. The Balaban J connectivity index is 1.93. The lowest BCUT2D eigenvalue weighted by Gasteiger charge is -2.09. The molecule has 0 saturated heterocycles. The third-order valence-electron chi connectivity index (χ3n) is 3.58. The molecule has 1 unspecified atom stereocenters. The largest absolute Gasteiger partial charge is 0.380 e. The van der Waals surface area contributed by atoms with E-state index in [9.17, 15) is 5.11 Å². The van der Waals surface area contributed by atoms with Crippen molar-refractivity contribution in [2.24, 2.45) is 7.05 Å². The van der Waals surface area contributed by atoms with Gasteiger partial charge in [-0.2, -0.15) is 0 Å². The number of aliphatic hydroxyl groups excluding tert-OH is 1. The molecule has 1 N–H and O–H groups in total. The summed E-state index contributed by atoms with van der Waals surface area (Å²) in [4.78, 5) is 0. The number of imidazole rings is 1. The first-order valence-corrected chi connectivity index (χ1v) is 7.06. The van der Waals surface area contributed by atoms with Gasteiger partial charge < -0.3 is 5.11 Å². The van der Waals surface area contributed by atoms with Crippen LogP contribution >= 0.6 is 0 Å². The maximum atomic E-state index is 10.6. The fourth-order valence-electron chi connectivity index (χ4n) is 2.55. The maximum Gasteiger partial charge on any atom is 0.244 e. The van der Waals surface area contributed by atoms with Gasteiger partial charge in [0.05, 0.1) is 7.05 Å². The molecule has 1 aromatic heterocycles. The number of benzene rings is 2. The smallest absolute Gasteiger partial charge is 0.244 e. The SMILES string of the molecule is C[n+]1cc(C(O)c2ccccc2)n(Cc2ccccc2)c1. The summed E-state index contributed by atoms with van der Waals surface area (Å²) >= 11 is 0. The molecule has 3 nitrogen and oxygen atoms in total. The third-order valence-corrected chi connectivity index (χ3v) is 3.58. The third kappa shape index (κ3) is 3.03. The molecule has 0 aliphatic heterocycles. The van der Waals surface area contributed by atoms with Crippen molar-refractivity contribution >= 4 is 0 Å². The summed E-state index contributed by atoms with van der Waals surface area (Å²) in [5.74, 6) is 0. The zero-order valence-electron chi connectivity index (χ0n) is 12.1. The van der Waals surface area contributed by atoms with E-state index in [0.29, 0.717) is 0 Å². The van der Waals surface area contributed by atoms with E-state index in [0.717, 1.165) is 17.8 Å². The Hall–Kier alpha value is -2.39. The first-order chi connectivity index (χ1) is 10.2. The quantitative estimate of drug-likeness (QED) is 0.730. The average Bonchev–Trinajstić information content (AvgIpc) is 2.89. The fraction of sp³-hybridized carbons (Fsp3) is 0.167. The molecule has 0 bridgehead atoms. The van der Waals surface area contributed by atoms with Crippen molar-refractivity contribution in [3.63, 3.8) is 0 Å². The van der Waals surface area contributed by atoms with Crippen molar-refractivity contribution in [2.45, 2.75) is 12.6 Å². The number of aromatic nitrogens is 2. The van der Waals surface area contributed by atoms with Crippen LogP contribution in [0.15, 0.2) is 73.2 Å². The summed E-state index contributed by atoms with van der Waals surface area (Å²) in [6.45, 7) is 0.751. The summed E-state index contributed by atoms with van der Waals surface area (Å²) < 4.78 is 4.07. The Morgan fingerprint density at radius 1 is 1.00 bits per heavy atom. The number of hydrogen-bond acceptors (Lipinski definition) is 1. The molecule has 3 aromatic rings. The number of aliphatic hydroxyl groups is 1. The van der Waals surface area contributed by atoms with Crippen molar-refractivity contribution in [3.05, 3.63) is 90.0 Å². The normalized spacial score (nSPS) is 12.3. The van der Waals surface area contributed by atoms with Gasteiger partial charge in [-0.05, 0) is 11.1 Å². The number of hydrogen-bond donors (Lipinski definition) is 1. The van der Waals surface area contributed by atoms with Crippen LogP contribution in [-0.4, -0.2) is 9.67 Å². The van der Waals surface area contributed by atoms with Gasteiger partial charge in [0.15, 0.2) is 5.69 Å². The van der Waals surface area contributed by atoms with Crippen molar-refractivity contribution in [2.75, 3.05) is 0 Å². The van der Waals surface area contributed by atoms with Crippen LogP contribution in [0.3, 0.4) is 0 Å². The van der Waals surface area contributed by atoms with Gasteiger partial charge in [-0.25, -0.2) is 9.13 Å². The van der Waals surface area contributed by atoms with Crippen LogP contribution in [-0.2, 0) is 13.6 Å². The van der Waals surface area contributed by atoms with E-state index in [1.807, 2.05) is 72.7 Å². The average molecular weight is 279 g/mol. The van der Waals surface area contributed by atoms with Gasteiger partial charge >= 0.3 is 0 Å². The van der Waals surface area contributed by atoms with Crippen LogP contribution in [0.5, 0.6) is 0 Å². The molecule has 0 saturated carbocycles. The highest BCUT2D eigenvalue weighted by molar-refractivity contribution is 5.25. The van der Waals surface area contributed by atoms with Crippen molar-refractivity contribution in [3.8, 4) is 0 Å². The zero-order chi connectivity index (χ0) is 14.7. The number of nitrogens with zero attached hydrogens (tertiary/aromatic N) is 2. The molecule has 2 aromatic carbocycles. The Labute approximate surface area is 124 Å². The molecule has 0 aliphatic rings. The maximum absolute atomic E-state index is 10.6. The van der Waals surface area contributed by atoms with E-state index >= 15 is 0 Å². The molecule has 3 heteroatoms. The predicted octanol–water partition coefficient (Wildman–Crippen LogP) is 2.44. The highest BCUT2D eigenvalue weighted by atomic mass is 16.3. The Bertz CT molecular complexity index is 705. The molecule has 3 rings (SSSR count). The van der Waals surface area contributed by atoms with E-state index in [1.165, 1.54) is 5.56 Å². The summed E-state index contributed by atoms with van der Waals surface area (Å²) in [7, 11) is 1.97. The minimum atomic E-state index is -0.615. The van der Waals surface area contributed by atoms with Gasteiger partial charge in [0.1, 0.15) is 18.8 Å².